The Morgan fingerprint density at radius 2 is 2.40 bits per heavy atom. The third kappa shape index (κ3) is 1.89. The number of hydrogen-bond donors (Lipinski definition) is 1. The number of nitrogens with zero attached hydrogens (tertiary/aromatic N) is 3. The van der Waals surface area contributed by atoms with E-state index in [-0.39, 0.29) is 5.60 Å². The summed E-state index contributed by atoms with van der Waals surface area (Å²) in [5.74, 6) is 0. The molecular formula is C10H17N3O2. The summed E-state index contributed by atoms with van der Waals surface area (Å²) in [7, 11) is 3.50. The van der Waals surface area contributed by atoms with Crippen LogP contribution >= 0.6 is 0 Å². The zero-order valence-corrected chi connectivity index (χ0v) is 9.18. The first-order valence-electron chi connectivity index (χ1n) is 5.25. The number of hydrogen-bond acceptors (Lipinski definition) is 4. The summed E-state index contributed by atoms with van der Waals surface area (Å²) in [4.78, 5) is 0. The maximum absolute atomic E-state index is 10.0. The van der Waals surface area contributed by atoms with Crippen LogP contribution in [0.4, 0.5) is 0 Å². The molecule has 0 saturated heterocycles. The van der Waals surface area contributed by atoms with Gasteiger partial charge in [0.2, 0.25) is 0 Å². The highest BCUT2D eigenvalue weighted by molar-refractivity contribution is 5.03. The van der Waals surface area contributed by atoms with E-state index in [0.717, 1.165) is 18.5 Å². The Hall–Kier alpha value is -0.940. The molecular weight excluding hydrogens is 194 g/mol. The van der Waals surface area contributed by atoms with Crippen LogP contribution in [0.3, 0.4) is 0 Å². The van der Waals surface area contributed by atoms with Crippen LogP contribution in [0.25, 0.3) is 0 Å². The maximum atomic E-state index is 10.0. The molecule has 1 saturated carbocycles. The number of aliphatic hydroxyl groups excluding tert-OH is 1. The second-order valence-corrected chi connectivity index (χ2v) is 4.24. The van der Waals surface area contributed by atoms with Gasteiger partial charge in [0.1, 0.15) is 0 Å². The third-order valence-corrected chi connectivity index (χ3v) is 3.35. The molecule has 0 bridgehead atoms. The van der Waals surface area contributed by atoms with Crippen LogP contribution in [-0.2, 0) is 11.8 Å². The van der Waals surface area contributed by atoms with Crippen LogP contribution in [0.5, 0.6) is 0 Å². The molecule has 0 amide bonds. The fraction of sp³-hybridized carbons (Fsp3) is 0.800. The Labute approximate surface area is 89.0 Å². The molecule has 1 atom stereocenters. The summed E-state index contributed by atoms with van der Waals surface area (Å²) in [5, 5.41) is 17.6. The molecule has 0 radical (unpaired) electrons. The highest BCUT2D eigenvalue weighted by Gasteiger charge is 2.39. The lowest BCUT2D eigenvalue weighted by atomic mass is 9.76. The minimum absolute atomic E-state index is 0.121. The summed E-state index contributed by atoms with van der Waals surface area (Å²) in [6.45, 7) is 0. The van der Waals surface area contributed by atoms with Crippen molar-refractivity contribution in [2.75, 3.05) is 7.11 Å². The van der Waals surface area contributed by atoms with E-state index in [2.05, 4.69) is 10.3 Å². The van der Waals surface area contributed by atoms with E-state index in [4.69, 9.17) is 4.74 Å². The Morgan fingerprint density at radius 1 is 1.67 bits per heavy atom. The summed E-state index contributed by atoms with van der Waals surface area (Å²) >= 11 is 0. The Morgan fingerprint density at radius 3 is 2.80 bits per heavy atom. The van der Waals surface area contributed by atoms with E-state index < -0.39 is 6.10 Å². The van der Waals surface area contributed by atoms with Gasteiger partial charge in [-0.05, 0) is 19.3 Å². The van der Waals surface area contributed by atoms with E-state index in [0.29, 0.717) is 6.42 Å². The van der Waals surface area contributed by atoms with Crippen molar-refractivity contribution >= 4 is 0 Å². The summed E-state index contributed by atoms with van der Waals surface area (Å²) in [6, 6.07) is 0. The van der Waals surface area contributed by atoms with Gasteiger partial charge in [-0.1, -0.05) is 5.21 Å². The van der Waals surface area contributed by atoms with Crippen molar-refractivity contribution in [1.82, 2.24) is 15.0 Å². The normalized spacial score (nSPS) is 21.0. The van der Waals surface area contributed by atoms with Crippen LogP contribution in [0.15, 0.2) is 6.20 Å². The van der Waals surface area contributed by atoms with Gasteiger partial charge in [0.15, 0.2) is 0 Å². The van der Waals surface area contributed by atoms with Crippen LogP contribution in [0, 0.1) is 0 Å². The molecule has 1 aliphatic rings. The molecule has 1 N–H and O–H groups in total. The second-order valence-electron chi connectivity index (χ2n) is 4.24. The molecule has 5 heteroatoms. The summed E-state index contributed by atoms with van der Waals surface area (Å²) in [5.41, 5.74) is 0.627. The van der Waals surface area contributed by atoms with Crippen molar-refractivity contribution in [2.45, 2.75) is 37.4 Å². The molecule has 1 aromatic rings. The molecule has 1 aromatic heterocycles. The van der Waals surface area contributed by atoms with Gasteiger partial charge in [0, 0.05) is 20.6 Å². The van der Waals surface area contributed by atoms with Crippen molar-refractivity contribution in [1.29, 1.82) is 0 Å². The smallest absolute Gasteiger partial charge is 0.1000 e. The topological polar surface area (TPSA) is 60.2 Å². The van der Waals surface area contributed by atoms with Gasteiger partial charge in [-0.25, -0.2) is 4.68 Å². The highest BCUT2D eigenvalue weighted by atomic mass is 16.5. The number of ether oxygens (including phenoxy) is 1. The lowest BCUT2D eigenvalue weighted by Gasteiger charge is -2.41. The Bertz CT molecular complexity index is 328. The first-order valence-corrected chi connectivity index (χ1v) is 5.25. The molecule has 0 aliphatic heterocycles. The van der Waals surface area contributed by atoms with Gasteiger partial charge >= 0.3 is 0 Å². The SMILES string of the molecule is COC1(CC(O)c2cnnn2C)CCC1. The zero-order valence-electron chi connectivity index (χ0n) is 9.18. The third-order valence-electron chi connectivity index (χ3n) is 3.35. The molecule has 5 nitrogen and oxygen atoms in total. The van der Waals surface area contributed by atoms with Crippen LogP contribution in [-0.4, -0.2) is 32.8 Å². The standard InChI is InChI=1S/C10H17N3O2/c1-13-8(7-11-12-13)9(14)6-10(15-2)4-3-5-10/h7,9,14H,3-6H2,1-2H3. The van der Waals surface area contributed by atoms with E-state index in [1.54, 1.807) is 25.0 Å². The average molecular weight is 211 g/mol. The van der Waals surface area contributed by atoms with Crippen molar-refractivity contribution in [3.63, 3.8) is 0 Å². The van der Waals surface area contributed by atoms with E-state index in [1.165, 1.54) is 6.42 Å². The van der Waals surface area contributed by atoms with Gasteiger partial charge in [0.05, 0.1) is 23.6 Å². The summed E-state index contributed by atoms with van der Waals surface area (Å²) < 4.78 is 7.08. The van der Waals surface area contributed by atoms with Gasteiger partial charge in [-0.15, -0.1) is 5.10 Å². The van der Waals surface area contributed by atoms with Gasteiger partial charge in [-0.3, -0.25) is 0 Å². The van der Waals surface area contributed by atoms with E-state index in [9.17, 15) is 5.11 Å². The fourth-order valence-electron chi connectivity index (χ4n) is 2.12. The fourth-order valence-corrected chi connectivity index (χ4v) is 2.12. The van der Waals surface area contributed by atoms with Crippen molar-refractivity contribution < 1.29 is 9.84 Å². The molecule has 1 aliphatic carbocycles. The predicted octanol–water partition coefficient (Wildman–Crippen LogP) is 0.808. The second kappa shape index (κ2) is 3.90. The van der Waals surface area contributed by atoms with Crippen molar-refractivity contribution in [2.24, 2.45) is 7.05 Å². The number of methoxy groups -OCH3 is 1. The lowest BCUT2D eigenvalue weighted by molar-refractivity contribution is -0.101. The van der Waals surface area contributed by atoms with Crippen molar-refractivity contribution in [3.8, 4) is 0 Å². The number of aliphatic hydroxyl groups is 1. The first-order chi connectivity index (χ1) is 7.17. The number of aromatic nitrogens is 3. The van der Waals surface area contributed by atoms with Crippen LogP contribution in [0.1, 0.15) is 37.5 Å². The molecule has 0 aromatic carbocycles. The molecule has 84 valence electrons. The van der Waals surface area contributed by atoms with Crippen LogP contribution < -0.4 is 0 Å². The average Bonchev–Trinajstić information content (AvgIpc) is 2.58. The Balaban J connectivity index is 2.03. The van der Waals surface area contributed by atoms with Gasteiger partial charge in [-0.2, -0.15) is 0 Å². The summed E-state index contributed by atoms with van der Waals surface area (Å²) in [6.07, 6.45) is 4.95. The molecule has 1 heterocycles. The molecule has 1 unspecified atom stereocenters. The zero-order chi connectivity index (χ0) is 10.9. The monoisotopic (exact) mass is 211 g/mol. The lowest BCUT2D eigenvalue weighted by Crippen LogP contribution is -2.40. The predicted molar refractivity (Wildman–Crippen MR) is 54.2 cm³/mol. The maximum Gasteiger partial charge on any atom is 0.1000 e. The number of aryl methyl sites for hydroxylation is 1. The first kappa shape index (κ1) is 10.6. The van der Waals surface area contributed by atoms with Gasteiger partial charge < -0.3 is 9.84 Å². The number of rotatable bonds is 4. The largest absolute Gasteiger partial charge is 0.387 e. The van der Waals surface area contributed by atoms with Gasteiger partial charge in [0.25, 0.3) is 0 Å². The minimum atomic E-state index is -0.537. The van der Waals surface area contributed by atoms with Crippen LogP contribution in [0.2, 0.25) is 0 Å². The molecule has 0 spiro atoms. The molecule has 15 heavy (non-hydrogen) atoms. The minimum Gasteiger partial charge on any atom is -0.387 e. The van der Waals surface area contributed by atoms with E-state index in [1.807, 2.05) is 0 Å². The van der Waals surface area contributed by atoms with E-state index >= 15 is 0 Å². The highest BCUT2D eigenvalue weighted by Crippen LogP contribution is 2.41. The molecule has 1 fully saturated rings. The van der Waals surface area contributed by atoms with Crippen molar-refractivity contribution in [3.05, 3.63) is 11.9 Å². The quantitative estimate of drug-likeness (QED) is 0.800. The Kier molecular flexibility index (Phi) is 2.75. The molecule has 2 rings (SSSR count).